The molecule has 1 unspecified atom stereocenters. The van der Waals surface area contributed by atoms with Crippen LogP contribution < -0.4 is 0 Å². The standard InChI is InChI=1S/C13H24O3/c1-4-7-9-16-12-13(6-3,10-14)11-15-8-5-2/h4-5,7,14H,2,6,8-12H2,1,3H3. The SMILES string of the molecule is C=CCOCC(CC)(CO)COCC=CC. The van der Waals surface area contributed by atoms with Gasteiger partial charge in [0.25, 0.3) is 0 Å². The fourth-order valence-corrected chi connectivity index (χ4v) is 1.25. The third kappa shape index (κ3) is 6.05. The van der Waals surface area contributed by atoms with Crippen LogP contribution in [0.3, 0.4) is 0 Å². The van der Waals surface area contributed by atoms with Gasteiger partial charge in [-0.05, 0) is 13.3 Å². The molecule has 0 aliphatic heterocycles. The molecule has 0 aromatic heterocycles. The Kier molecular flexibility index (Phi) is 9.19. The quantitative estimate of drug-likeness (QED) is 0.460. The van der Waals surface area contributed by atoms with Crippen LogP contribution in [0.2, 0.25) is 0 Å². The van der Waals surface area contributed by atoms with E-state index in [0.717, 1.165) is 6.42 Å². The molecule has 0 spiro atoms. The number of ether oxygens (including phenoxy) is 2. The van der Waals surface area contributed by atoms with Gasteiger partial charge in [-0.3, -0.25) is 0 Å². The van der Waals surface area contributed by atoms with Crippen molar-refractivity contribution in [1.82, 2.24) is 0 Å². The van der Waals surface area contributed by atoms with E-state index in [1.165, 1.54) is 0 Å². The number of aliphatic hydroxyl groups excluding tert-OH is 1. The molecule has 94 valence electrons. The maximum atomic E-state index is 9.43. The Labute approximate surface area is 98.8 Å². The summed E-state index contributed by atoms with van der Waals surface area (Å²) in [4.78, 5) is 0. The summed E-state index contributed by atoms with van der Waals surface area (Å²) in [5.74, 6) is 0. The lowest BCUT2D eigenvalue weighted by Crippen LogP contribution is -2.35. The van der Waals surface area contributed by atoms with E-state index >= 15 is 0 Å². The summed E-state index contributed by atoms with van der Waals surface area (Å²) < 4.78 is 10.9. The van der Waals surface area contributed by atoms with Crippen LogP contribution in [-0.2, 0) is 9.47 Å². The fraction of sp³-hybridized carbons (Fsp3) is 0.692. The first-order valence-electron chi connectivity index (χ1n) is 5.73. The topological polar surface area (TPSA) is 38.7 Å². The van der Waals surface area contributed by atoms with Gasteiger partial charge in [0, 0.05) is 5.41 Å². The molecule has 0 heterocycles. The molecule has 0 bridgehead atoms. The van der Waals surface area contributed by atoms with Gasteiger partial charge in [0.1, 0.15) is 0 Å². The minimum atomic E-state index is -0.287. The smallest absolute Gasteiger partial charge is 0.0647 e. The lowest BCUT2D eigenvalue weighted by Gasteiger charge is -2.29. The van der Waals surface area contributed by atoms with Gasteiger partial charge in [-0.15, -0.1) is 6.58 Å². The first kappa shape index (κ1) is 15.4. The summed E-state index contributed by atoms with van der Waals surface area (Å²) in [5, 5.41) is 9.43. The van der Waals surface area contributed by atoms with Crippen molar-refractivity contribution in [2.75, 3.05) is 33.0 Å². The van der Waals surface area contributed by atoms with Crippen LogP contribution in [0, 0.1) is 5.41 Å². The minimum Gasteiger partial charge on any atom is -0.396 e. The average molecular weight is 228 g/mol. The van der Waals surface area contributed by atoms with Crippen LogP contribution in [0.5, 0.6) is 0 Å². The Morgan fingerprint density at radius 1 is 1.25 bits per heavy atom. The number of aliphatic hydroxyl groups is 1. The molecule has 0 saturated heterocycles. The molecule has 0 aliphatic carbocycles. The zero-order valence-corrected chi connectivity index (χ0v) is 10.4. The molecule has 1 N–H and O–H groups in total. The maximum absolute atomic E-state index is 9.43. The van der Waals surface area contributed by atoms with Crippen LogP contribution in [0.1, 0.15) is 20.3 Å². The van der Waals surface area contributed by atoms with Crippen LogP contribution in [-0.4, -0.2) is 38.1 Å². The van der Waals surface area contributed by atoms with Gasteiger partial charge in [0.05, 0.1) is 33.0 Å². The molecule has 1 atom stereocenters. The second-order valence-corrected chi connectivity index (χ2v) is 3.90. The molecular weight excluding hydrogens is 204 g/mol. The van der Waals surface area contributed by atoms with Crippen LogP contribution in [0.15, 0.2) is 24.8 Å². The van der Waals surface area contributed by atoms with E-state index in [1.807, 2.05) is 26.0 Å². The minimum absolute atomic E-state index is 0.0798. The number of hydrogen-bond donors (Lipinski definition) is 1. The van der Waals surface area contributed by atoms with Crippen molar-refractivity contribution in [3.63, 3.8) is 0 Å². The van der Waals surface area contributed by atoms with Crippen molar-refractivity contribution in [3.05, 3.63) is 24.8 Å². The molecule has 0 fully saturated rings. The Balaban J connectivity index is 4.03. The van der Waals surface area contributed by atoms with Crippen molar-refractivity contribution in [3.8, 4) is 0 Å². The van der Waals surface area contributed by atoms with E-state index in [1.54, 1.807) is 6.08 Å². The molecule has 16 heavy (non-hydrogen) atoms. The van der Waals surface area contributed by atoms with Crippen LogP contribution >= 0.6 is 0 Å². The molecule has 0 rings (SSSR count). The molecule has 0 amide bonds. The Bertz CT molecular complexity index is 195. The van der Waals surface area contributed by atoms with E-state index in [4.69, 9.17) is 9.47 Å². The molecule has 0 radical (unpaired) electrons. The van der Waals surface area contributed by atoms with Gasteiger partial charge >= 0.3 is 0 Å². The molecule has 3 nitrogen and oxygen atoms in total. The maximum Gasteiger partial charge on any atom is 0.0647 e. The largest absolute Gasteiger partial charge is 0.396 e. The summed E-state index contributed by atoms with van der Waals surface area (Å²) in [7, 11) is 0. The summed E-state index contributed by atoms with van der Waals surface area (Å²) >= 11 is 0. The summed E-state index contributed by atoms with van der Waals surface area (Å²) in [5.41, 5.74) is -0.287. The van der Waals surface area contributed by atoms with E-state index in [9.17, 15) is 5.11 Å². The number of rotatable bonds is 10. The zero-order chi connectivity index (χ0) is 12.3. The van der Waals surface area contributed by atoms with Crippen molar-refractivity contribution in [2.45, 2.75) is 20.3 Å². The van der Waals surface area contributed by atoms with Gasteiger partial charge in [-0.2, -0.15) is 0 Å². The van der Waals surface area contributed by atoms with Gasteiger partial charge in [-0.25, -0.2) is 0 Å². The average Bonchev–Trinajstić information content (AvgIpc) is 2.33. The highest BCUT2D eigenvalue weighted by Crippen LogP contribution is 2.22. The molecule has 0 aliphatic rings. The highest BCUT2D eigenvalue weighted by atomic mass is 16.5. The lowest BCUT2D eigenvalue weighted by atomic mass is 9.88. The van der Waals surface area contributed by atoms with Crippen molar-refractivity contribution >= 4 is 0 Å². The van der Waals surface area contributed by atoms with E-state index in [2.05, 4.69) is 6.58 Å². The molecule has 0 saturated carbocycles. The normalized spacial score (nSPS) is 15.2. The summed E-state index contributed by atoms with van der Waals surface area (Å²) in [6.45, 7) is 9.77. The Morgan fingerprint density at radius 3 is 2.31 bits per heavy atom. The van der Waals surface area contributed by atoms with Gasteiger partial charge in [-0.1, -0.05) is 25.2 Å². The molecular formula is C13H24O3. The third-order valence-electron chi connectivity index (χ3n) is 2.59. The van der Waals surface area contributed by atoms with E-state index < -0.39 is 0 Å². The van der Waals surface area contributed by atoms with Crippen LogP contribution in [0.4, 0.5) is 0 Å². The van der Waals surface area contributed by atoms with Crippen molar-refractivity contribution in [1.29, 1.82) is 0 Å². The van der Waals surface area contributed by atoms with Crippen molar-refractivity contribution < 1.29 is 14.6 Å². The zero-order valence-electron chi connectivity index (χ0n) is 10.4. The second kappa shape index (κ2) is 9.58. The van der Waals surface area contributed by atoms with Gasteiger partial charge in [0.15, 0.2) is 0 Å². The highest BCUT2D eigenvalue weighted by molar-refractivity contribution is 4.80. The fourth-order valence-electron chi connectivity index (χ4n) is 1.25. The Hall–Kier alpha value is -0.640. The first-order chi connectivity index (χ1) is 7.74. The highest BCUT2D eigenvalue weighted by Gasteiger charge is 2.28. The predicted molar refractivity (Wildman–Crippen MR) is 66.5 cm³/mol. The second-order valence-electron chi connectivity index (χ2n) is 3.90. The van der Waals surface area contributed by atoms with Gasteiger partial charge in [0.2, 0.25) is 0 Å². The number of allylic oxidation sites excluding steroid dienone is 1. The summed E-state index contributed by atoms with van der Waals surface area (Å²) in [6.07, 6.45) is 6.43. The predicted octanol–water partition coefficient (Wildman–Crippen LogP) is 2.17. The Morgan fingerprint density at radius 2 is 1.88 bits per heavy atom. The first-order valence-corrected chi connectivity index (χ1v) is 5.73. The van der Waals surface area contributed by atoms with Gasteiger partial charge < -0.3 is 14.6 Å². The molecule has 0 aromatic carbocycles. The number of hydrogen-bond acceptors (Lipinski definition) is 3. The molecule has 3 heteroatoms. The van der Waals surface area contributed by atoms with E-state index in [0.29, 0.717) is 26.4 Å². The lowest BCUT2D eigenvalue weighted by molar-refractivity contribution is -0.0424. The monoisotopic (exact) mass is 228 g/mol. The third-order valence-corrected chi connectivity index (χ3v) is 2.59. The molecule has 0 aromatic rings. The summed E-state index contributed by atoms with van der Waals surface area (Å²) in [6, 6.07) is 0. The van der Waals surface area contributed by atoms with E-state index in [-0.39, 0.29) is 12.0 Å². The van der Waals surface area contributed by atoms with Crippen LogP contribution in [0.25, 0.3) is 0 Å². The van der Waals surface area contributed by atoms with Crippen molar-refractivity contribution in [2.24, 2.45) is 5.41 Å².